The van der Waals surface area contributed by atoms with Gasteiger partial charge >= 0.3 is 14.3 Å². The van der Waals surface area contributed by atoms with Crippen LogP contribution in [0.3, 0.4) is 0 Å². The van der Waals surface area contributed by atoms with Crippen molar-refractivity contribution in [2.75, 3.05) is 52.4 Å². The molecule has 0 saturated carbocycles. The third kappa shape index (κ3) is 12.8. The number of nitriles is 1. The molecule has 1 aliphatic heterocycles. The maximum atomic E-state index is 13.4. The summed E-state index contributed by atoms with van der Waals surface area (Å²) >= 11 is 0. The molecule has 2 N–H and O–H groups in total. The molecule has 2 heterocycles. The predicted molar refractivity (Wildman–Crippen MR) is 239 cm³/mol. The van der Waals surface area contributed by atoms with E-state index in [1.165, 1.54) is 36.5 Å². The van der Waals surface area contributed by atoms with E-state index in [1.54, 1.807) is 44.6 Å². The largest absolute Gasteiger partial charge is 0.497 e. The lowest BCUT2D eigenvalue weighted by molar-refractivity contribution is -0.0926. The highest BCUT2D eigenvalue weighted by Crippen LogP contribution is 2.45. The summed E-state index contributed by atoms with van der Waals surface area (Å²) in [7, 11) is 0.790. The summed E-state index contributed by atoms with van der Waals surface area (Å²) in [6.07, 6.45) is -0.840. The van der Waals surface area contributed by atoms with Crippen LogP contribution < -0.4 is 20.5 Å². The molecule has 4 aromatic carbocycles. The smallest absolute Gasteiger partial charge is 0.351 e. The van der Waals surface area contributed by atoms with Crippen LogP contribution in [0.1, 0.15) is 66.9 Å². The van der Waals surface area contributed by atoms with Crippen molar-refractivity contribution < 1.29 is 37.7 Å². The molecule has 4 atom stereocenters. The van der Waals surface area contributed by atoms with E-state index in [1.807, 2.05) is 84.9 Å². The van der Waals surface area contributed by atoms with Crippen molar-refractivity contribution in [3.8, 4) is 17.6 Å². The first-order chi connectivity index (χ1) is 29.7. The number of hydrogen-bond acceptors (Lipinski definition) is 12. The van der Waals surface area contributed by atoms with Gasteiger partial charge in [-0.3, -0.25) is 9.36 Å². The van der Waals surface area contributed by atoms with Crippen LogP contribution in [0.5, 0.6) is 11.5 Å². The van der Waals surface area contributed by atoms with Crippen LogP contribution in [0.4, 0.5) is 5.82 Å². The lowest BCUT2D eigenvalue weighted by Gasteiger charge is -2.37. The summed E-state index contributed by atoms with van der Waals surface area (Å²) in [6.45, 7) is 10.0. The first-order valence-electron chi connectivity index (χ1n) is 20.2. The molecule has 1 fully saturated rings. The van der Waals surface area contributed by atoms with Gasteiger partial charge in [0.25, 0.3) is 5.91 Å². The number of aromatic nitrogens is 2. The summed E-state index contributed by atoms with van der Waals surface area (Å²) in [5.74, 6) is 1.00. The van der Waals surface area contributed by atoms with Gasteiger partial charge in [0.2, 0.25) is 0 Å². The third-order valence-corrected chi connectivity index (χ3v) is 11.1. The van der Waals surface area contributed by atoms with Gasteiger partial charge < -0.3 is 43.1 Å². The molecule has 6 rings (SSSR count). The summed E-state index contributed by atoms with van der Waals surface area (Å²) in [5, 5.41) is 11.6. The van der Waals surface area contributed by atoms with E-state index in [0.29, 0.717) is 17.1 Å². The van der Waals surface area contributed by atoms with E-state index in [4.69, 9.17) is 33.3 Å². The highest BCUT2D eigenvalue weighted by molar-refractivity contribution is 7.40. The molecule has 16 heteroatoms. The lowest BCUT2D eigenvalue weighted by Crippen LogP contribution is -2.38. The predicted octanol–water partition coefficient (Wildman–Crippen LogP) is 7.31. The number of nitrogens with one attached hydrogen (secondary N) is 1. The molecule has 3 radical (unpaired) electrons. The van der Waals surface area contributed by atoms with Crippen molar-refractivity contribution in [1.82, 2.24) is 14.5 Å². The molecule has 0 aliphatic carbocycles. The SMILES string of the molecule is CCN(CC)CC.COc1ccc(C(OC[C@H]2O[C@@H](n3ccc(NC(=O)c4ccccc4)nc3=O)C[C@@H]2OP(O)OCCC#N)(c2ccccc2)c2ccc(OC)cc2)cc1.[B]. The Morgan fingerprint density at radius 3 is 1.94 bits per heavy atom. The topological polar surface area (TPSA) is 167 Å². The molecule has 1 aliphatic rings. The second kappa shape index (κ2) is 24.9. The number of rotatable bonds is 19. The van der Waals surface area contributed by atoms with Crippen molar-refractivity contribution in [3.63, 3.8) is 0 Å². The zero-order chi connectivity index (χ0) is 43.6. The van der Waals surface area contributed by atoms with Crippen LogP contribution in [-0.4, -0.2) is 92.9 Å². The van der Waals surface area contributed by atoms with Gasteiger partial charge in [-0.1, -0.05) is 93.6 Å². The van der Waals surface area contributed by atoms with Gasteiger partial charge in [0.1, 0.15) is 35.2 Å². The standard InChI is InChI=1S/C40H39N4O9P.C6H15N.B/c1-48-32-18-14-30(15-19-32)40(29-12-7-4-8-13-29,31-16-20-33(49-2)21-17-31)50-27-35-34(53-54(47)51-25-9-23-41)26-37(52-35)44-24-22-36(43-39(44)46)42-38(45)28-10-5-3-6-11-28;1-4-7(5-2)6-3;/h3-8,10-22,24,34-35,37,47H,9,25-27H2,1-2H3,(H,42,43,45,46);4-6H2,1-3H3;/t34-,35+,37+,54?;;/m0../s1. The first kappa shape index (κ1) is 49.2. The molecular weight excluding hydrogens is 808 g/mol. The van der Waals surface area contributed by atoms with E-state index in [0.717, 1.165) is 16.7 Å². The molecule has 0 spiro atoms. The number of ether oxygens (including phenoxy) is 4. The van der Waals surface area contributed by atoms with Crippen LogP contribution >= 0.6 is 8.60 Å². The molecule has 5 aromatic rings. The maximum Gasteiger partial charge on any atom is 0.351 e. The van der Waals surface area contributed by atoms with Gasteiger partial charge in [0, 0.05) is 26.6 Å². The monoisotopic (exact) mass is 862 g/mol. The number of nitrogens with zero attached hydrogens (tertiary/aromatic N) is 4. The zero-order valence-corrected chi connectivity index (χ0v) is 36.6. The molecule has 62 heavy (non-hydrogen) atoms. The van der Waals surface area contributed by atoms with E-state index < -0.39 is 44.2 Å². The average molecular weight is 863 g/mol. The summed E-state index contributed by atoms with van der Waals surface area (Å²) < 4.78 is 37.1. The number of carbonyl (C=O) groups is 1. The Morgan fingerprint density at radius 1 is 0.887 bits per heavy atom. The van der Waals surface area contributed by atoms with Crippen molar-refractivity contribution >= 4 is 28.7 Å². The minimum Gasteiger partial charge on any atom is -0.497 e. The number of amides is 1. The van der Waals surface area contributed by atoms with Crippen LogP contribution in [0.2, 0.25) is 0 Å². The molecule has 14 nitrogen and oxygen atoms in total. The Hall–Kier alpha value is -5.43. The molecule has 1 amide bonds. The zero-order valence-electron chi connectivity index (χ0n) is 35.8. The molecule has 1 aromatic heterocycles. The summed E-state index contributed by atoms with van der Waals surface area (Å²) in [6, 6.07) is 36.9. The second-order valence-corrected chi connectivity index (χ2v) is 14.7. The fraction of sp³-hybridized carbons (Fsp3) is 0.348. The van der Waals surface area contributed by atoms with Crippen molar-refractivity contribution in [2.24, 2.45) is 0 Å². The highest BCUT2D eigenvalue weighted by atomic mass is 31.2. The normalized spacial score (nSPS) is 16.3. The van der Waals surface area contributed by atoms with E-state index in [2.05, 4.69) is 36.0 Å². The van der Waals surface area contributed by atoms with Gasteiger partial charge in [-0.05, 0) is 78.8 Å². The Balaban J connectivity index is 0.000000973. The van der Waals surface area contributed by atoms with Crippen molar-refractivity contribution in [2.45, 2.75) is 57.6 Å². The summed E-state index contributed by atoms with van der Waals surface area (Å²) in [4.78, 5) is 43.2. The average Bonchev–Trinajstić information content (AvgIpc) is 3.70. The fourth-order valence-corrected chi connectivity index (χ4v) is 7.64. The number of benzene rings is 4. The number of carbonyl (C=O) groups excluding carboxylic acids is 1. The van der Waals surface area contributed by atoms with Gasteiger partial charge in [-0.25, -0.2) is 4.79 Å². The number of anilines is 1. The van der Waals surface area contributed by atoms with Gasteiger partial charge in [0.05, 0.1) is 46.0 Å². The van der Waals surface area contributed by atoms with Crippen LogP contribution in [0, 0.1) is 11.3 Å². The van der Waals surface area contributed by atoms with Crippen molar-refractivity contribution in [1.29, 1.82) is 5.26 Å². The van der Waals surface area contributed by atoms with E-state index >= 15 is 0 Å². The molecule has 1 saturated heterocycles. The molecular formula is C46H54BN5O9P. The van der Waals surface area contributed by atoms with Crippen LogP contribution in [0.25, 0.3) is 0 Å². The third-order valence-electron chi connectivity index (χ3n) is 10.2. The Kier molecular flexibility index (Phi) is 19.8. The van der Waals surface area contributed by atoms with Crippen LogP contribution in [0.15, 0.2) is 126 Å². The molecule has 0 bridgehead atoms. The van der Waals surface area contributed by atoms with Crippen molar-refractivity contribution in [3.05, 3.63) is 154 Å². The highest BCUT2D eigenvalue weighted by Gasteiger charge is 2.44. The minimum atomic E-state index is -2.41. The Labute approximate surface area is 366 Å². The number of hydrogen-bond donors (Lipinski definition) is 2. The molecule has 1 unspecified atom stereocenters. The van der Waals surface area contributed by atoms with Gasteiger partial charge in [-0.15, -0.1) is 0 Å². The summed E-state index contributed by atoms with van der Waals surface area (Å²) in [5.41, 5.74) is 0.978. The first-order valence-corrected chi connectivity index (χ1v) is 21.3. The Morgan fingerprint density at radius 2 is 1.44 bits per heavy atom. The quantitative estimate of drug-likeness (QED) is 0.0369. The minimum absolute atomic E-state index is 0. The molecule has 325 valence electrons. The second-order valence-electron chi connectivity index (χ2n) is 13.7. The van der Waals surface area contributed by atoms with Gasteiger partial charge in [0.15, 0.2) is 0 Å². The van der Waals surface area contributed by atoms with Gasteiger partial charge in [-0.2, -0.15) is 10.2 Å². The maximum absolute atomic E-state index is 13.4. The van der Waals surface area contributed by atoms with E-state index in [-0.39, 0.29) is 40.3 Å². The Bertz CT molecular complexity index is 2140. The van der Waals surface area contributed by atoms with Crippen LogP contribution in [-0.2, 0) is 24.1 Å². The number of methoxy groups -OCH3 is 2. The van der Waals surface area contributed by atoms with E-state index in [9.17, 15) is 14.5 Å². The fourth-order valence-electron chi connectivity index (χ4n) is 6.88. The lowest BCUT2D eigenvalue weighted by atomic mass is 9.80.